The molecule has 0 saturated heterocycles. The number of nitrogens with zero attached hydrogens (tertiary/aromatic N) is 2. The highest BCUT2D eigenvalue weighted by molar-refractivity contribution is 6.18. The van der Waals surface area contributed by atoms with Crippen LogP contribution in [0.25, 0.3) is 0 Å². The lowest BCUT2D eigenvalue weighted by atomic mass is 9.76. The van der Waals surface area contributed by atoms with Gasteiger partial charge in [-0.2, -0.15) is 5.26 Å². The van der Waals surface area contributed by atoms with Gasteiger partial charge in [-0.1, -0.05) is 13.8 Å². The minimum absolute atomic E-state index is 0.124. The van der Waals surface area contributed by atoms with Crippen molar-refractivity contribution in [2.75, 3.05) is 38.7 Å². The fourth-order valence-electron chi connectivity index (χ4n) is 2.75. The lowest BCUT2D eigenvalue weighted by Gasteiger charge is -2.33. The van der Waals surface area contributed by atoms with E-state index >= 15 is 0 Å². The van der Waals surface area contributed by atoms with Crippen LogP contribution in [0.3, 0.4) is 0 Å². The molecule has 0 amide bonds. The molecule has 0 fully saturated rings. The van der Waals surface area contributed by atoms with E-state index < -0.39 is 5.41 Å². The topological polar surface area (TPSA) is 79.6 Å². The first-order valence-corrected chi connectivity index (χ1v) is 9.51. The second-order valence-electron chi connectivity index (χ2n) is 5.85. The fraction of sp³-hybridized carbons (Fsp3) is 0.833. The summed E-state index contributed by atoms with van der Waals surface area (Å²) in [6.45, 7) is 8.75. The number of carbonyl (C=O) groups is 2. The standard InChI is InChI=1S/C18H31ClN2O4/c1-4-21(5-2)14-11-18(9-7-13-20,17(23)25-15-12-19)10-8-16(22)24-6-3/h4-12,14-15H2,1-3H3. The van der Waals surface area contributed by atoms with E-state index in [0.717, 1.165) is 13.1 Å². The molecule has 0 aliphatic heterocycles. The van der Waals surface area contributed by atoms with Gasteiger partial charge in [-0.3, -0.25) is 9.59 Å². The zero-order valence-corrected chi connectivity index (χ0v) is 16.4. The van der Waals surface area contributed by atoms with E-state index in [9.17, 15) is 9.59 Å². The van der Waals surface area contributed by atoms with Crippen LogP contribution in [0.2, 0.25) is 0 Å². The molecule has 0 spiro atoms. The van der Waals surface area contributed by atoms with E-state index in [1.54, 1.807) is 6.92 Å². The zero-order chi connectivity index (χ0) is 19.1. The van der Waals surface area contributed by atoms with Gasteiger partial charge in [0.15, 0.2) is 0 Å². The molecule has 144 valence electrons. The Morgan fingerprint density at radius 2 is 1.80 bits per heavy atom. The largest absolute Gasteiger partial charge is 0.466 e. The third-order valence-corrected chi connectivity index (χ3v) is 4.53. The first kappa shape index (κ1) is 23.7. The number of rotatable bonds is 14. The van der Waals surface area contributed by atoms with Crippen LogP contribution in [0.15, 0.2) is 0 Å². The van der Waals surface area contributed by atoms with E-state index in [4.69, 9.17) is 26.3 Å². The maximum Gasteiger partial charge on any atom is 0.312 e. The normalized spacial score (nSPS) is 13.1. The van der Waals surface area contributed by atoms with Gasteiger partial charge in [0.2, 0.25) is 0 Å². The Morgan fingerprint density at radius 3 is 2.32 bits per heavy atom. The summed E-state index contributed by atoms with van der Waals surface area (Å²) in [5, 5.41) is 8.99. The first-order chi connectivity index (χ1) is 12.0. The van der Waals surface area contributed by atoms with E-state index in [2.05, 4.69) is 24.8 Å². The highest BCUT2D eigenvalue weighted by atomic mass is 35.5. The molecule has 0 rings (SSSR count). The third-order valence-electron chi connectivity index (χ3n) is 4.37. The van der Waals surface area contributed by atoms with Gasteiger partial charge in [-0.15, -0.1) is 11.6 Å². The molecule has 0 aliphatic carbocycles. The van der Waals surface area contributed by atoms with Crippen molar-refractivity contribution in [2.45, 2.75) is 52.9 Å². The molecule has 0 aliphatic rings. The highest BCUT2D eigenvalue weighted by Gasteiger charge is 2.40. The number of nitriles is 1. The lowest BCUT2D eigenvalue weighted by molar-refractivity contribution is -0.158. The summed E-state index contributed by atoms with van der Waals surface area (Å²) in [6.07, 6.45) is 1.59. The summed E-state index contributed by atoms with van der Waals surface area (Å²) in [4.78, 5) is 26.7. The molecular weight excluding hydrogens is 344 g/mol. The van der Waals surface area contributed by atoms with Gasteiger partial charge in [0.05, 0.1) is 24.0 Å². The molecule has 0 aromatic carbocycles. The smallest absolute Gasteiger partial charge is 0.312 e. The molecule has 0 bridgehead atoms. The Balaban J connectivity index is 5.27. The van der Waals surface area contributed by atoms with E-state index in [1.807, 2.05) is 0 Å². The van der Waals surface area contributed by atoms with Gasteiger partial charge < -0.3 is 14.4 Å². The van der Waals surface area contributed by atoms with Crippen LogP contribution in [-0.2, 0) is 19.1 Å². The molecule has 0 aromatic rings. The Morgan fingerprint density at radius 1 is 1.12 bits per heavy atom. The number of hydrogen-bond acceptors (Lipinski definition) is 6. The lowest BCUT2D eigenvalue weighted by Crippen LogP contribution is -2.38. The number of carbonyl (C=O) groups excluding carboxylic acids is 2. The van der Waals surface area contributed by atoms with E-state index in [-0.39, 0.29) is 37.3 Å². The Kier molecular flexibility index (Phi) is 13.2. The fourth-order valence-corrected chi connectivity index (χ4v) is 2.82. The van der Waals surface area contributed by atoms with Crippen LogP contribution >= 0.6 is 11.6 Å². The highest BCUT2D eigenvalue weighted by Crippen LogP contribution is 2.36. The van der Waals surface area contributed by atoms with Crippen LogP contribution < -0.4 is 0 Å². The molecule has 6 nitrogen and oxygen atoms in total. The third kappa shape index (κ3) is 9.08. The Hall–Kier alpha value is -1.32. The number of alkyl halides is 1. The van der Waals surface area contributed by atoms with Crippen molar-refractivity contribution in [1.82, 2.24) is 4.90 Å². The summed E-state index contributed by atoms with van der Waals surface area (Å²) >= 11 is 5.63. The maximum atomic E-state index is 12.7. The molecule has 0 heterocycles. The summed E-state index contributed by atoms with van der Waals surface area (Å²) in [5.74, 6) is -0.495. The summed E-state index contributed by atoms with van der Waals surface area (Å²) in [7, 11) is 0. The molecule has 0 saturated carbocycles. The first-order valence-electron chi connectivity index (χ1n) is 8.97. The molecule has 1 atom stereocenters. The molecule has 7 heteroatoms. The quantitative estimate of drug-likeness (QED) is 0.343. The van der Waals surface area contributed by atoms with Crippen molar-refractivity contribution in [3.63, 3.8) is 0 Å². The van der Waals surface area contributed by atoms with Crippen molar-refractivity contribution < 1.29 is 19.1 Å². The molecule has 0 radical (unpaired) electrons. The summed E-state index contributed by atoms with van der Waals surface area (Å²) < 4.78 is 10.3. The zero-order valence-electron chi connectivity index (χ0n) is 15.7. The summed E-state index contributed by atoms with van der Waals surface area (Å²) in [5.41, 5.74) is -0.864. The van der Waals surface area contributed by atoms with Gasteiger partial charge in [-0.25, -0.2) is 0 Å². The SMILES string of the molecule is CCOC(=O)CCC(CCC#N)(CCN(CC)CC)C(=O)OCCCl. The van der Waals surface area contributed by atoms with Crippen molar-refractivity contribution in [2.24, 2.45) is 5.41 Å². The van der Waals surface area contributed by atoms with Gasteiger partial charge in [0.1, 0.15) is 6.61 Å². The van der Waals surface area contributed by atoms with Crippen LogP contribution in [0.5, 0.6) is 0 Å². The number of halogens is 1. The van der Waals surface area contributed by atoms with Gasteiger partial charge >= 0.3 is 11.9 Å². The molecule has 25 heavy (non-hydrogen) atoms. The second-order valence-corrected chi connectivity index (χ2v) is 6.22. The van der Waals surface area contributed by atoms with Gasteiger partial charge in [-0.05, 0) is 45.8 Å². The van der Waals surface area contributed by atoms with Crippen molar-refractivity contribution in [3.8, 4) is 6.07 Å². The Bertz CT molecular complexity index is 435. The van der Waals surface area contributed by atoms with Crippen molar-refractivity contribution in [1.29, 1.82) is 5.26 Å². The molecule has 0 aromatic heterocycles. The molecule has 0 N–H and O–H groups in total. The molecule has 1 unspecified atom stereocenters. The second kappa shape index (κ2) is 13.9. The summed E-state index contributed by atoms with van der Waals surface area (Å²) in [6, 6.07) is 2.10. The minimum atomic E-state index is -0.864. The molecular formula is C18H31ClN2O4. The average Bonchev–Trinajstić information content (AvgIpc) is 2.62. The van der Waals surface area contributed by atoms with E-state index in [0.29, 0.717) is 32.4 Å². The van der Waals surface area contributed by atoms with Crippen molar-refractivity contribution in [3.05, 3.63) is 0 Å². The number of esters is 2. The van der Waals surface area contributed by atoms with E-state index in [1.165, 1.54) is 0 Å². The van der Waals surface area contributed by atoms with Gasteiger partial charge in [0.25, 0.3) is 0 Å². The van der Waals surface area contributed by atoms with Crippen LogP contribution in [0.1, 0.15) is 52.9 Å². The monoisotopic (exact) mass is 374 g/mol. The maximum absolute atomic E-state index is 12.7. The predicted molar refractivity (Wildman–Crippen MR) is 97.2 cm³/mol. The van der Waals surface area contributed by atoms with Crippen molar-refractivity contribution >= 4 is 23.5 Å². The van der Waals surface area contributed by atoms with Crippen LogP contribution in [0.4, 0.5) is 0 Å². The Labute approximate surface area is 156 Å². The number of hydrogen-bond donors (Lipinski definition) is 0. The average molecular weight is 375 g/mol. The predicted octanol–water partition coefficient (Wildman–Crippen LogP) is 3.13. The number of ether oxygens (including phenoxy) is 2. The van der Waals surface area contributed by atoms with Crippen LogP contribution in [0, 0.1) is 16.7 Å². The van der Waals surface area contributed by atoms with Crippen LogP contribution in [-0.4, -0.2) is 55.6 Å². The minimum Gasteiger partial charge on any atom is -0.466 e. The van der Waals surface area contributed by atoms with Gasteiger partial charge in [0, 0.05) is 12.8 Å².